The first-order valence-electron chi connectivity index (χ1n) is 12.6. The van der Waals surface area contributed by atoms with Gasteiger partial charge in [-0.15, -0.1) is 11.8 Å². The summed E-state index contributed by atoms with van der Waals surface area (Å²) >= 11 is 1.70. The van der Waals surface area contributed by atoms with Crippen LogP contribution in [-0.2, 0) is 16.0 Å². The van der Waals surface area contributed by atoms with E-state index < -0.39 is 0 Å². The average Bonchev–Trinajstić information content (AvgIpc) is 2.85. The van der Waals surface area contributed by atoms with Gasteiger partial charge < -0.3 is 10.2 Å². The molecule has 0 spiro atoms. The maximum Gasteiger partial charge on any atom is 0.257 e. The number of aryl methyl sites for hydroxylation is 1. The van der Waals surface area contributed by atoms with E-state index in [0.717, 1.165) is 62.1 Å². The monoisotopic (exact) mass is 474 g/mol. The molecule has 2 aromatic rings. The number of fused-ring (bicyclic) bond motifs is 1. The second-order valence-corrected chi connectivity index (χ2v) is 11.4. The number of hydrogen-bond donors (Lipinski definition) is 1. The number of rotatable bonds is 4. The van der Waals surface area contributed by atoms with Crippen molar-refractivity contribution in [2.45, 2.75) is 56.7 Å². The molecule has 3 aliphatic rings. The molecule has 0 bridgehead atoms. The summed E-state index contributed by atoms with van der Waals surface area (Å²) in [6.45, 7) is 3.80. The molecule has 2 amide bonds. The lowest BCUT2D eigenvalue weighted by atomic mass is 9.83. The first-order chi connectivity index (χ1) is 16.5. The Bertz CT molecular complexity index is 1060. The third-order valence-corrected chi connectivity index (χ3v) is 9.01. The molecular weight excluding hydrogens is 440 g/mol. The second-order valence-electron chi connectivity index (χ2n) is 10.1. The molecule has 34 heavy (non-hydrogen) atoms. The maximum absolute atomic E-state index is 13.3. The lowest BCUT2D eigenvalue weighted by Gasteiger charge is -2.41. The standard InChI is InChI=1S/C29H34N2O2S/c1-20-6-5-9-23(16-20)18-27-28(32)30-25-19-24(10-11-26(25)34-27)29(33)31-14-12-22(13-15-31)17-21-7-3-2-4-8-21/h2-9,16,18,22,24-26H,10-15,17,19H2,1H3,(H,30,32)/b27-18+. The third kappa shape index (κ3) is 5.41. The van der Waals surface area contributed by atoms with E-state index in [1.807, 2.05) is 18.2 Å². The van der Waals surface area contributed by atoms with Crippen molar-refractivity contribution in [2.75, 3.05) is 13.1 Å². The Balaban J connectivity index is 1.14. The van der Waals surface area contributed by atoms with Crippen LogP contribution < -0.4 is 5.32 Å². The van der Waals surface area contributed by atoms with Crippen molar-refractivity contribution in [1.82, 2.24) is 10.2 Å². The summed E-state index contributed by atoms with van der Waals surface area (Å²) in [4.78, 5) is 29.0. The minimum atomic E-state index is 0.00239. The van der Waals surface area contributed by atoms with Gasteiger partial charge in [-0.2, -0.15) is 0 Å². The van der Waals surface area contributed by atoms with Gasteiger partial charge in [0.05, 0.1) is 4.91 Å². The predicted octanol–water partition coefficient (Wildman–Crippen LogP) is 5.22. The van der Waals surface area contributed by atoms with Crippen molar-refractivity contribution >= 4 is 29.7 Å². The highest BCUT2D eigenvalue weighted by Crippen LogP contribution is 2.40. The molecule has 3 atom stereocenters. The van der Waals surface area contributed by atoms with E-state index in [4.69, 9.17) is 0 Å². The van der Waals surface area contributed by atoms with Gasteiger partial charge in [0.2, 0.25) is 5.91 Å². The van der Waals surface area contributed by atoms with E-state index in [1.54, 1.807) is 11.8 Å². The lowest BCUT2D eigenvalue weighted by molar-refractivity contribution is -0.138. The van der Waals surface area contributed by atoms with E-state index in [0.29, 0.717) is 17.1 Å². The molecule has 4 nitrogen and oxygen atoms in total. The number of likely N-dealkylation sites (tertiary alicyclic amines) is 1. The number of piperidine rings is 1. The summed E-state index contributed by atoms with van der Waals surface area (Å²) in [7, 11) is 0. The Morgan fingerprint density at radius 1 is 1.06 bits per heavy atom. The maximum atomic E-state index is 13.3. The zero-order valence-corrected chi connectivity index (χ0v) is 20.7. The zero-order chi connectivity index (χ0) is 23.5. The van der Waals surface area contributed by atoms with Crippen LogP contribution in [0.5, 0.6) is 0 Å². The number of carbonyl (C=O) groups is 2. The Morgan fingerprint density at radius 3 is 2.62 bits per heavy atom. The Morgan fingerprint density at radius 2 is 1.85 bits per heavy atom. The molecule has 0 aromatic heterocycles. The first-order valence-corrected chi connectivity index (χ1v) is 13.5. The number of thioether (sulfide) groups is 1. The summed E-state index contributed by atoms with van der Waals surface area (Å²) in [5.74, 6) is 1.00. The van der Waals surface area contributed by atoms with E-state index in [-0.39, 0.29) is 17.9 Å². The topological polar surface area (TPSA) is 49.4 Å². The largest absolute Gasteiger partial charge is 0.348 e. The van der Waals surface area contributed by atoms with Crippen molar-refractivity contribution in [3.8, 4) is 0 Å². The summed E-state index contributed by atoms with van der Waals surface area (Å²) in [6, 6.07) is 19.0. The third-order valence-electron chi connectivity index (χ3n) is 7.59. The minimum Gasteiger partial charge on any atom is -0.348 e. The van der Waals surface area contributed by atoms with E-state index in [9.17, 15) is 9.59 Å². The Hall–Kier alpha value is -2.53. The van der Waals surface area contributed by atoms with Gasteiger partial charge in [0.1, 0.15) is 0 Å². The zero-order valence-electron chi connectivity index (χ0n) is 19.9. The van der Waals surface area contributed by atoms with E-state index in [2.05, 4.69) is 59.6 Å². The van der Waals surface area contributed by atoms with E-state index >= 15 is 0 Å². The van der Waals surface area contributed by atoms with Crippen molar-refractivity contribution in [2.24, 2.45) is 11.8 Å². The molecule has 2 aromatic carbocycles. The number of carbonyl (C=O) groups excluding carboxylic acids is 2. The van der Waals surface area contributed by atoms with Crippen LogP contribution in [0.25, 0.3) is 6.08 Å². The molecule has 1 N–H and O–H groups in total. The molecule has 3 fully saturated rings. The summed E-state index contributed by atoms with van der Waals surface area (Å²) in [6.07, 6.45) is 7.94. The van der Waals surface area contributed by atoms with E-state index in [1.165, 1.54) is 11.1 Å². The van der Waals surface area contributed by atoms with Crippen molar-refractivity contribution in [3.63, 3.8) is 0 Å². The van der Waals surface area contributed by atoms with Crippen LogP contribution in [0.15, 0.2) is 59.5 Å². The van der Waals surface area contributed by atoms with Crippen LogP contribution in [0, 0.1) is 18.8 Å². The molecule has 5 heteroatoms. The second kappa shape index (κ2) is 10.4. The summed E-state index contributed by atoms with van der Waals surface area (Å²) < 4.78 is 0. The predicted molar refractivity (Wildman–Crippen MR) is 139 cm³/mol. The molecule has 0 radical (unpaired) electrons. The molecule has 178 valence electrons. The van der Waals surface area contributed by atoms with Gasteiger partial charge in [0.15, 0.2) is 0 Å². The highest BCUT2D eigenvalue weighted by atomic mass is 32.2. The van der Waals surface area contributed by atoms with Crippen LogP contribution in [0.4, 0.5) is 0 Å². The van der Waals surface area contributed by atoms with Crippen LogP contribution in [0.3, 0.4) is 0 Å². The first kappa shape index (κ1) is 23.2. The fraction of sp³-hybridized carbons (Fsp3) is 0.448. The average molecular weight is 475 g/mol. The number of nitrogens with one attached hydrogen (secondary N) is 1. The normalized spacial score (nSPS) is 26.7. The molecule has 2 heterocycles. The smallest absolute Gasteiger partial charge is 0.257 e. The fourth-order valence-corrected chi connectivity index (χ4v) is 6.98. The highest BCUT2D eigenvalue weighted by Gasteiger charge is 2.41. The molecule has 1 saturated carbocycles. The van der Waals surface area contributed by atoms with Crippen LogP contribution in [-0.4, -0.2) is 41.1 Å². The van der Waals surface area contributed by atoms with Crippen molar-refractivity contribution in [3.05, 3.63) is 76.2 Å². The van der Waals surface area contributed by atoms with Gasteiger partial charge in [-0.05, 0) is 68.6 Å². The minimum absolute atomic E-state index is 0.00239. The lowest BCUT2D eigenvalue weighted by Crippen LogP contribution is -2.52. The van der Waals surface area contributed by atoms with Gasteiger partial charge in [0, 0.05) is 30.3 Å². The molecular formula is C29H34N2O2S. The molecule has 2 saturated heterocycles. The van der Waals surface area contributed by atoms with Gasteiger partial charge in [-0.1, -0.05) is 60.2 Å². The fourth-order valence-electron chi connectivity index (χ4n) is 5.69. The highest BCUT2D eigenvalue weighted by molar-refractivity contribution is 8.04. The number of hydrogen-bond acceptors (Lipinski definition) is 3. The molecule has 2 aliphatic heterocycles. The van der Waals surface area contributed by atoms with Crippen LogP contribution in [0.1, 0.15) is 48.8 Å². The van der Waals surface area contributed by atoms with Crippen LogP contribution >= 0.6 is 11.8 Å². The SMILES string of the molecule is Cc1cccc(/C=C2/SC3CCC(C(=O)N4CCC(Cc5ccccc5)CC4)CC3NC2=O)c1. The van der Waals surface area contributed by atoms with Gasteiger partial charge >= 0.3 is 0 Å². The molecule has 3 unspecified atom stereocenters. The summed E-state index contributed by atoms with van der Waals surface area (Å²) in [5, 5.41) is 3.58. The summed E-state index contributed by atoms with van der Waals surface area (Å²) in [5.41, 5.74) is 3.65. The van der Waals surface area contributed by atoms with Gasteiger partial charge in [-0.3, -0.25) is 9.59 Å². The number of benzene rings is 2. The van der Waals surface area contributed by atoms with Crippen molar-refractivity contribution in [1.29, 1.82) is 0 Å². The van der Waals surface area contributed by atoms with Crippen LogP contribution in [0.2, 0.25) is 0 Å². The van der Waals surface area contributed by atoms with Gasteiger partial charge in [-0.25, -0.2) is 0 Å². The molecule has 5 rings (SSSR count). The van der Waals surface area contributed by atoms with Gasteiger partial charge in [0.25, 0.3) is 5.91 Å². The number of amides is 2. The quantitative estimate of drug-likeness (QED) is 0.619. The number of nitrogens with zero attached hydrogens (tertiary/aromatic N) is 1. The molecule has 1 aliphatic carbocycles. The van der Waals surface area contributed by atoms with Crippen molar-refractivity contribution < 1.29 is 9.59 Å². The Labute approximate surface area is 207 Å². The Kier molecular flexibility index (Phi) is 7.10.